The van der Waals surface area contributed by atoms with Gasteiger partial charge < -0.3 is 15.2 Å². The summed E-state index contributed by atoms with van der Waals surface area (Å²) < 4.78 is 10.2. The Balaban J connectivity index is 2.02. The number of hydrogen-bond acceptors (Lipinski definition) is 5. The van der Waals surface area contributed by atoms with Crippen LogP contribution in [0, 0.1) is 0 Å². The third kappa shape index (κ3) is 3.39. The van der Waals surface area contributed by atoms with Crippen molar-refractivity contribution in [2.75, 3.05) is 12.8 Å². The van der Waals surface area contributed by atoms with Gasteiger partial charge in [-0.25, -0.2) is 9.78 Å². The zero-order chi connectivity index (χ0) is 14.5. The summed E-state index contributed by atoms with van der Waals surface area (Å²) in [6.07, 6.45) is 1.33. The highest BCUT2D eigenvalue weighted by Crippen LogP contribution is 2.17. The first-order chi connectivity index (χ1) is 9.60. The lowest BCUT2D eigenvalue weighted by atomic mass is 10.2. The van der Waals surface area contributed by atoms with Crippen LogP contribution in [0.1, 0.15) is 15.9 Å². The van der Waals surface area contributed by atoms with Gasteiger partial charge >= 0.3 is 5.97 Å². The predicted molar refractivity (Wildman–Crippen MR) is 75.8 cm³/mol. The lowest BCUT2D eigenvalue weighted by Gasteiger charge is -2.07. The first-order valence-electron chi connectivity index (χ1n) is 5.81. The number of nitrogens with zero attached hydrogens (tertiary/aromatic N) is 1. The van der Waals surface area contributed by atoms with E-state index >= 15 is 0 Å². The van der Waals surface area contributed by atoms with Crippen LogP contribution in [0.4, 0.5) is 5.69 Å². The van der Waals surface area contributed by atoms with Crippen LogP contribution in [0.2, 0.25) is 5.15 Å². The summed E-state index contributed by atoms with van der Waals surface area (Å²) in [5.41, 5.74) is 6.94. The molecule has 2 aromatic rings. The van der Waals surface area contributed by atoms with Crippen LogP contribution in [0.25, 0.3) is 0 Å². The number of carbonyl (C=O) groups excluding carboxylic acids is 1. The number of ether oxygens (including phenoxy) is 2. The van der Waals surface area contributed by atoms with Crippen LogP contribution < -0.4 is 10.5 Å². The number of hydrogen-bond donors (Lipinski definition) is 1. The number of halogens is 1. The topological polar surface area (TPSA) is 74.4 Å². The normalized spacial score (nSPS) is 10.1. The highest BCUT2D eigenvalue weighted by molar-refractivity contribution is 6.29. The minimum Gasteiger partial charge on any atom is -0.497 e. The Morgan fingerprint density at radius 3 is 2.70 bits per heavy atom. The SMILES string of the molecule is COc1ccc(COC(=O)c2cc(Cl)ncc2N)cc1. The Morgan fingerprint density at radius 1 is 1.35 bits per heavy atom. The number of nitrogens with two attached hydrogens (primary N) is 1. The molecule has 2 N–H and O–H groups in total. The molecule has 0 unspecified atom stereocenters. The maximum Gasteiger partial charge on any atom is 0.340 e. The molecule has 0 spiro atoms. The van der Waals surface area contributed by atoms with E-state index in [0.29, 0.717) is 0 Å². The summed E-state index contributed by atoms with van der Waals surface area (Å²) in [5.74, 6) is 0.202. The van der Waals surface area contributed by atoms with Crippen molar-refractivity contribution in [1.29, 1.82) is 0 Å². The molecular formula is C14H13ClN2O3. The van der Waals surface area contributed by atoms with Crippen LogP contribution >= 0.6 is 11.6 Å². The van der Waals surface area contributed by atoms with Crippen LogP contribution in [-0.2, 0) is 11.3 Å². The molecule has 1 heterocycles. The molecule has 6 heteroatoms. The molecule has 0 aliphatic rings. The van der Waals surface area contributed by atoms with E-state index in [1.54, 1.807) is 19.2 Å². The second-order valence-electron chi connectivity index (χ2n) is 4.02. The van der Waals surface area contributed by atoms with E-state index in [0.717, 1.165) is 11.3 Å². The van der Waals surface area contributed by atoms with Gasteiger partial charge in [-0.15, -0.1) is 0 Å². The van der Waals surface area contributed by atoms with Crippen molar-refractivity contribution in [1.82, 2.24) is 4.98 Å². The van der Waals surface area contributed by atoms with E-state index in [9.17, 15) is 4.79 Å². The van der Waals surface area contributed by atoms with Gasteiger partial charge in [0.05, 0.1) is 24.6 Å². The monoisotopic (exact) mass is 292 g/mol. The zero-order valence-corrected chi connectivity index (χ0v) is 11.6. The van der Waals surface area contributed by atoms with E-state index in [-0.39, 0.29) is 23.0 Å². The van der Waals surface area contributed by atoms with Crippen LogP contribution in [0.5, 0.6) is 5.75 Å². The Morgan fingerprint density at radius 2 is 2.05 bits per heavy atom. The van der Waals surface area contributed by atoms with Crippen molar-refractivity contribution in [3.05, 3.63) is 52.8 Å². The number of benzene rings is 1. The molecule has 104 valence electrons. The number of anilines is 1. The molecule has 0 atom stereocenters. The van der Waals surface area contributed by atoms with Crippen LogP contribution in [0.15, 0.2) is 36.5 Å². The summed E-state index contributed by atoms with van der Waals surface area (Å²) in [7, 11) is 1.59. The van der Waals surface area contributed by atoms with Gasteiger partial charge in [-0.3, -0.25) is 0 Å². The number of esters is 1. The van der Waals surface area contributed by atoms with Gasteiger partial charge in [-0.05, 0) is 23.8 Å². The lowest BCUT2D eigenvalue weighted by molar-refractivity contribution is 0.0474. The van der Waals surface area contributed by atoms with Gasteiger partial charge in [-0.2, -0.15) is 0 Å². The highest BCUT2D eigenvalue weighted by Gasteiger charge is 2.12. The molecule has 0 fully saturated rings. The van der Waals surface area contributed by atoms with Crippen LogP contribution in [0.3, 0.4) is 0 Å². The van der Waals surface area contributed by atoms with E-state index in [1.807, 2.05) is 12.1 Å². The quantitative estimate of drug-likeness (QED) is 0.693. The summed E-state index contributed by atoms with van der Waals surface area (Å²) in [6.45, 7) is 0.141. The van der Waals surface area contributed by atoms with Gasteiger partial charge in [0, 0.05) is 0 Å². The Hall–Kier alpha value is -2.27. The minimum atomic E-state index is -0.539. The maximum absolute atomic E-state index is 11.9. The van der Waals surface area contributed by atoms with Crippen molar-refractivity contribution < 1.29 is 14.3 Å². The smallest absolute Gasteiger partial charge is 0.340 e. The number of aromatic nitrogens is 1. The Labute approximate surface area is 121 Å². The molecule has 0 amide bonds. The minimum absolute atomic E-state index is 0.141. The number of methoxy groups -OCH3 is 1. The molecule has 1 aromatic heterocycles. The molecule has 0 radical (unpaired) electrons. The fourth-order valence-electron chi connectivity index (χ4n) is 1.57. The van der Waals surface area contributed by atoms with Gasteiger partial charge in [0.15, 0.2) is 0 Å². The third-order valence-electron chi connectivity index (χ3n) is 2.65. The summed E-state index contributed by atoms with van der Waals surface area (Å²) in [4.78, 5) is 15.7. The maximum atomic E-state index is 11.9. The molecule has 5 nitrogen and oxygen atoms in total. The van der Waals surface area contributed by atoms with Gasteiger partial charge in [0.2, 0.25) is 0 Å². The number of carbonyl (C=O) groups is 1. The predicted octanol–water partition coefficient (Wildman–Crippen LogP) is 2.68. The number of pyridine rings is 1. The molecule has 0 saturated heterocycles. The third-order valence-corrected chi connectivity index (χ3v) is 2.86. The fraction of sp³-hybridized carbons (Fsp3) is 0.143. The van der Waals surface area contributed by atoms with Gasteiger partial charge in [0.1, 0.15) is 17.5 Å². The van der Waals surface area contributed by atoms with Crippen molar-refractivity contribution in [2.45, 2.75) is 6.61 Å². The van der Waals surface area contributed by atoms with Crippen molar-refractivity contribution in [3.8, 4) is 5.75 Å². The molecule has 0 saturated carbocycles. The first kappa shape index (κ1) is 14.1. The first-order valence-corrected chi connectivity index (χ1v) is 6.19. The highest BCUT2D eigenvalue weighted by atomic mass is 35.5. The van der Waals surface area contributed by atoms with Crippen molar-refractivity contribution in [2.24, 2.45) is 0 Å². The fourth-order valence-corrected chi connectivity index (χ4v) is 1.72. The summed E-state index contributed by atoms with van der Waals surface area (Å²) >= 11 is 5.72. The largest absolute Gasteiger partial charge is 0.497 e. The summed E-state index contributed by atoms with van der Waals surface area (Å²) in [6, 6.07) is 8.60. The Kier molecular flexibility index (Phi) is 4.42. The molecule has 2 rings (SSSR count). The van der Waals surface area contributed by atoms with E-state index < -0.39 is 5.97 Å². The van der Waals surface area contributed by atoms with Gasteiger partial charge in [-0.1, -0.05) is 23.7 Å². The van der Waals surface area contributed by atoms with E-state index in [1.165, 1.54) is 12.3 Å². The average molecular weight is 293 g/mol. The molecule has 20 heavy (non-hydrogen) atoms. The lowest BCUT2D eigenvalue weighted by Crippen LogP contribution is -2.08. The van der Waals surface area contributed by atoms with E-state index in [2.05, 4.69) is 4.98 Å². The Bertz CT molecular complexity index is 614. The zero-order valence-electron chi connectivity index (χ0n) is 10.8. The average Bonchev–Trinajstić information content (AvgIpc) is 2.47. The standard InChI is InChI=1S/C14H13ClN2O3/c1-19-10-4-2-9(3-5-10)8-20-14(18)11-6-13(15)17-7-12(11)16/h2-7H,8,16H2,1H3. The second kappa shape index (κ2) is 6.25. The molecule has 0 aliphatic heterocycles. The van der Waals surface area contributed by atoms with E-state index in [4.69, 9.17) is 26.8 Å². The molecule has 0 aliphatic carbocycles. The van der Waals surface area contributed by atoms with Gasteiger partial charge in [0.25, 0.3) is 0 Å². The number of rotatable bonds is 4. The second-order valence-corrected chi connectivity index (χ2v) is 4.41. The number of nitrogen functional groups attached to an aromatic ring is 1. The van der Waals surface area contributed by atoms with Crippen LogP contribution in [-0.4, -0.2) is 18.1 Å². The van der Waals surface area contributed by atoms with Crippen molar-refractivity contribution >= 4 is 23.3 Å². The molecule has 0 bridgehead atoms. The molecular weight excluding hydrogens is 280 g/mol. The van der Waals surface area contributed by atoms with Crippen molar-refractivity contribution in [3.63, 3.8) is 0 Å². The molecule has 1 aromatic carbocycles. The summed E-state index contributed by atoms with van der Waals surface area (Å²) in [5, 5.41) is 0.190.